The summed E-state index contributed by atoms with van der Waals surface area (Å²) in [7, 11) is 0. The molecule has 0 radical (unpaired) electrons. The van der Waals surface area contributed by atoms with Gasteiger partial charge in [-0.05, 0) is 0 Å². The van der Waals surface area contributed by atoms with Gasteiger partial charge in [0.15, 0.2) is 0 Å². The maximum absolute atomic E-state index is 11.7. The minimum atomic E-state index is -0.216. The molecule has 9 heteroatoms. The number of hydrogen-bond acceptors (Lipinski definition) is 6. The van der Waals surface area contributed by atoms with E-state index in [0.29, 0.717) is 30.3 Å². The lowest BCUT2D eigenvalue weighted by atomic mass is 10.4. The molecule has 0 aliphatic rings. The minimum Gasteiger partial charge on any atom is -0.325 e. The zero-order valence-electron chi connectivity index (χ0n) is 9.32. The first-order valence-corrected chi connectivity index (χ1v) is 5.27. The number of aromatic nitrogens is 7. The molecule has 3 aromatic rings. The van der Waals surface area contributed by atoms with Gasteiger partial charge in [0.25, 0.3) is 11.3 Å². The number of H-pyrrole nitrogens is 1. The van der Waals surface area contributed by atoms with E-state index in [1.165, 1.54) is 16.9 Å². The van der Waals surface area contributed by atoms with Crippen LogP contribution in [0.1, 0.15) is 11.4 Å². The summed E-state index contributed by atoms with van der Waals surface area (Å²) in [5, 5.41) is 10.4. The number of rotatable bonds is 3. The first-order valence-electron chi connectivity index (χ1n) is 5.27. The molecule has 0 aliphatic carbocycles. The monoisotopic (exact) mass is 246 g/mol. The largest absolute Gasteiger partial charge is 0.325 e. The Morgan fingerprint density at radius 3 is 3.06 bits per heavy atom. The fourth-order valence-electron chi connectivity index (χ4n) is 1.62. The standard InChI is InChI=1S/C9H10N8O/c10-2-7-4-16(15-14-7)3-6-1-8(18)17-9(13-6)11-5-12-17/h1,4-5H,2-3,10H2,(H,11,12,13). The predicted octanol–water partition coefficient (Wildman–Crippen LogP) is -1.48. The lowest BCUT2D eigenvalue weighted by Crippen LogP contribution is -2.17. The molecule has 0 aliphatic heterocycles. The molecule has 3 rings (SSSR count). The molecule has 0 bridgehead atoms. The van der Waals surface area contributed by atoms with Gasteiger partial charge in [0.05, 0.1) is 24.1 Å². The van der Waals surface area contributed by atoms with Crippen LogP contribution in [0.2, 0.25) is 0 Å². The molecule has 0 unspecified atom stereocenters. The second kappa shape index (κ2) is 4.04. The van der Waals surface area contributed by atoms with Gasteiger partial charge in [0.1, 0.15) is 6.33 Å². The highest BCUT2D eigenvalue weighted by Gasteiger charge is 2.06. The van der Waals surface area contributed by atoms with E-state index in [-0.39, 0.29) is 5.56 Å². The fourth-order valence-corrected chi connectivity index (χ4v) is 1.62. The van der Waals surface area contributed by atoms with Crippen molar-refractivity contribution in [3.05, 3.63) is 40.3 Å². The van der Waals surface area contributed by atoms with Gasteiger partial charge in [-0.15, -0.1) is 5.10 Å². The number of nitrogens with one attached hydrogen (secondary N) is 1. The van der Waals surface area contributed by atoms with Crippen LogP contribution in [0.4, 0.5) is 0 Å². The Hall–Kier alpha value is -2.55. The van der Waals surface area contributed by atoms with Crippen molar-refractivity contribution in [3.63, 3.8) is 0 Å². The topological polar surface area (TPSA) is 120 Å². The van der Waals surface area contributed by atoms with Crippen molar-refractivity contribution in [3.8, 4) is 0 Å². The maximum Gasteiger partial charge on any atom is 0.274 e. The number of nitrogens with zero attached hydrogens (tertiary/aromatic N) is 6. The Balaban J connectivity index is 1.96. The quantitative estimate of drug-likeness (QED) is 0.581. The van der Waals surface area contributed by atoms with E-state index >= 15 is 0 Å². The Kier molecular flexibility index (Phi) is 2.38. The van der Waals surface area contributed by atoms with Gasteiger partial charge in [0, 0.05) is 12.6 Å². The van der Waals surface area contributed by atoms with Crippen LogP contribution in [0, 0.1) is 0 Å². The van der Waals surface area contributed by atoms with Gasteiger partial charge in [-0.25, -0.2) is 14.6 Å². The van der Waals surface area contributed by atoms with E-state index < -0.39 is 0 Å². The van der Waals surface area contributed by atoms with Crippen LogP contribution in [-0.4, -0.2) is 34.6 Å². The van der Waals surface area contributed by atoms with Crippen molar-refractivity contribution >= 4 is 5.78 Å². The van der Waals surface area contributed by atoms with Gasteiger partial charge in [-0.2, -0.15) is 4.52 Å². The average Bonchev–Trinajstić information content (AvgIpc) is 2.97. The third-order valence-electron chi connectivity index (χ3n) is 2.44. The van der Waals surface area contributed by atoms with Crippen molar-refractivity contribution < 1.29 is 0 Å². The second-order valence-electron chi connectivity index (χ2n) is 3.72. The van der Waals surface area contributed by atoms with E-state index in [4.69, 9.17) is 5.73 Å². The molecule has 0 saturated carbocycles. The van der Waals surface area contributed by atoms with Crippen LogP contribution < -0.4 is 11.3 Å². The fraction of sp³-hybridized carbons (Fsp3) is 0.222. The Morgan fingerprint density at radius 2 is 2.28 bits per heavy atom. The molecule has 18 heavy (non-hydrogen) atoms. The van der Waals surface area contributed by atoms with Gasteiger partial charge < -0.3 is 5.73 Å². The highest BCUT2D eigenvalue weighted by atomic mass is 16.1. The Morgan fingerprint density at radius 1 is 1.39 bits per heavy atom. The summed E-state index contributed by atoms with van der Waals surface area (Å²) < 4.78 is 2.84. The van der Waals surface area contributed by atoms with Gasteiger partial charge in [-0.3, -0.25) is 9.89 Å². The molecule has 0 saturated heterocycles. The third-order valence-corrected chi connectivity index (χ3v) is 2.44. The maximum atomic E-state index is 11.7. The zero-order chi connectivity index (χ0) is 12.5. The summed E-state index contributed by atoms with van der Waals surface area (Å²) in [6, 6.07) is 1.43. The van der Waals surface area contributed by atoms with Crippen LogP contribution >= 0.6 is 0 Å². The second-order valence-corrected chi connectivity index (χ2v) is 3.72. The summed E-state index contributed by atoms with van der Waals surface area (Å²) in [4.78, 5) is 19.9. The van der Waals surface area contributed by atoms with Crippen molar-refractivity contribution in [2.45, 2.75) is 13.1 Å². The molecule has 9 nitrogen and oxygen atoms in total. The van der Waals surface area contributed by atoms with Crippen LogP contribution in [0.15, 0.2) is 23.4 Å². The minimum absolute atomic E-state index is 0.216. The van der Waals surface area contributed by atoms with Crippen molar-refractivity contribution in [2.75, 3.05) is 0 Å². The van der Waals surface area contributed by atoms with Gasteiger partial charge in [0.2, 0.25) is 0 Å². The SMILES string of the molecule is NCc1cn(Cc2cc(=O)n3[nH]cnc3n2)nn1. The van der Waals surface area contributed by atoms with Crippen LogP contribution in [0.25, 0.3) is 5.78 Å². The van der Waals surface area contributed by atoms with Crippen molar-refractivity contribution in [1.82, 2.24) is 34.6 Å². The molecule has 3 N–H and O–H groups in total. The number of fused-ring (bicyclic) bond motifs is 1. The summed E-state index contributed by atoms with van der Waals surface area (Å²) in [5.41, 5.74) is 6.48. The van der Waals surface area contributed by atoms with Gasteiger partial charge >= 0.3 is 0 Å². The molecule has 0 fully saturated rings. The first-order chi connectivity index (χ1) is 8.76. The average molecular weight is 246 g/mol. The smallest absolute Gasteiger partial charge is 0.274 e. The summed E-state index contributed by atoms with van der Waals surface area (Å²) >= 11 is 0. The number of nitrogens with two attached hydrogens (primary N) is 1. The Labute approximate surface area is 100 Å². The highest BCUT2D eigenvalue weighted by molar-refractivity contribution is 5.26. The molecule has 3 aromatic heterocycles. The van der Waals surface area contributed by atoms with Crippen LogP contribution in [0.5, 0.6) is 0 Å². The van der Waals surface area contributed by atoms with E-state index in [1.807, 2.05) is 0 Å². The summed E-state index contributed by atoms with van der Waals surface area (Å²) in [5.74, 6) is 0.330. The summed E-state index contributed by atoms with van der Waals surface area (Å²) in [6.45, 7) is 0.681. The zero-order valence-corrected chi connectivity index (χ0v) is 9.32. The predicted molar refractivity (Wildman–Crippen MR) is 60.6 cm³/mol. The highest BCUT2D eigenvalue weighted by Crippen LogP contribution is 1.98. The molecule has 0 spiro atoms. The van der Waals surface area contributed by atoms with Crippen molar-refractivity contribution in [1.29, 1.82) is 0 Å². The van der Waals surface area contributed by atoms with E-state index in [0.717, 1.165) is 0 Å². The Bertz CT molecular complexity index is 738. The normalized spacial score (nSPS) is 11.2. The molecule has 3 heterocycles. The first kappa shape index (κ1) is 10.6. The lowest BCUT2D eigenvalue weighted by molar-refractivity contribution is 0.636. The van der Waals surface area contributed by atoms with E-state index in [2.05, 4.69) is 25.4 Å². The summed E-state index contributed by atoms with van der Waals surface area (Å²) in [6.07, 6.45) is 3.13. The van der Waals surface area contributed by atoms with Gasteiger partial charge in [-0.1, -0.05) is 5.21 Å². The third kappa shape index (κ3) is 1.76. The lowest BCUT2D eigenvalue weighted by Gasteiger charge is -1.99. The molecule has 92 valence electrons. The molecular weight excluding hydrogens is 236 g/mol. The molecule has 0 atom stereocenters. The van der Waals surface area contributed by atoms with E-state index in [1.54, 1.807) is 10.9 Å². The van der Waals surface area contributed by atoms with Crippen LogP contribution in [0.3, 0.4) is 0 Å². The van der Waals surface area contributed by atoms with E-state index in [9.17, 15) is 4.79 Å². The van der Waals surface area contributed by atoms with Crippen molar-refractivity contribution in [2.24, 2.45) is 5.73 Å². The molecular formula is C9H10N8O. The molecule has 0 aromatic carbocycles. The number of hydrogen-bond donors (Lipinski definition) is 2. The number of aromatic amines is 1. The molecule has 0 amide bonds. The van der Waals surface area contributed by atoms with Crippen LogP contribution in [-0.2, 0) is 13.1 Å².